The smallest absolute Gasteiger partial charge is 0.317 e. The number of nitrogens with zero attached hydrogens (tertiary/aromatic N) is 1. The van der Waals surface area contributed by atoms with Crippen molar-refractivity contribution in [3.8, 4) is 0 Å². The first-order valence-electron chi connectivity index (χ1n) is 8.56. The summed E-state index contributed by atoms with van der Waals surface area (Å²) in [6, 6.07) is 9.95. The van der Waals surface area contributed by atoms with E-state index in [9.17, 15) is 9.59 Å². The number of piperidine rings is 2. The van der Waals surface area contributed by atoms with Gasteiger partial charge in [-0.25, -0.2) is 4.79 Å². The number of nitrogens with one attached hydrogen (secondary N) is 2. The molecule has 0 aliphatic carbocycles. The lowest BCUT2D eigenvalue weighted by Crippen LogP contribution is -2.55. The monoisotopic (exact) mass is 315 g/mol. The van der Waals surface area contributed by atoms with Gasteiger partial charge in [0.15, 0.2) is 0 Å². The molecule has 2 aliphatic heterocycles. The lowest BCUT2D eigenvalue weighted by molar-refractivity contribution is -0.123. The molecule has 0 aromatic heterocycles. The van der Waals surface area contributed by atoms with Crippen LogP contribution in [-0.2, 0) is 4.79 Å². The fourth-order valence-corrected chi connectivity index (χ4v) is 3.57. The van der Waals surface area contributed by atoms with Gasteiger partial charge < -0.3 is 15.5 Å². The van der Waals surface area contributed by atoms with E-state index in [2.05, 4.69) is 17.6 Å². The van der Waals surface area contributed by atoms with Crippen molar-refractivity contribution in [1.82, 2.24) is 15.5 Å². The third-order valence-electron chi connectivity index (χ3n) is 4.93. The summed E-state index contributed by atoms with van der Waals surface area (Å²) >= 11 is 0. The molecule has 5 heteroatoms. The van der Waals surface area contributed by atoms with Gasteiger partial charge in [0, 0.05) is 19.0 Å². The summed E-state index contributed by atoms with van der Waals surface area (Å²) in [5.74, 6) is 0.0516. The summed E-state index contributed by atoms with van der Waals surface area (Å²) in [7, 11) is 0. The van der Waals surface area contributed by atoms with Crippen LogP contribution in [-0.4, -0.2) is 35.5 Å². The summed E-state index contributed by atoms with van der Waals surface area (Å²) in [4.78, 5) is 26.4. The molecule has 2 N–H and O–H groups in total. The van der Waals surface area contributed by atoms with Crippen molar-refractivity contribution in [1.29, 1.82) is 0 Å². The Morgan fingerprint density at radius 2 is 2.00 bits per heavy atom. The number of likely N-dealkylation sites (tertiary alicyclic amines) is 1. The third-order valence-corrected chi connectivity index (χ3v) is 4.93. The Labute approximate surface area is 137 Å². The van der Waals surface area contributed by atoms with Crippen LogP contribution in [0, 0.1) is 0 Å². The molecule has 0 saturated carbocycles. The van der Waals surface area contributed by atoms with Gasteiger partial charge in [-0.3, -0.25) is 4.79 Å². The second-order valence-electron chi connectivity index (χ2n) is 6.59. The van der Waals surface area contributed by atoms with Crippen molar-refractivity contribution in [2.45, 2.75) is 57.2 Å². The number of urea groups is 1. The lowest BCUT2D eigenvalue weighted by Gasteiger charge is -2.38. The minimum atomic E-state index is -0.151. The third kappa shape index (κ3) is 3.66. The average Bonchev–Trinajstić information content (AvgIpc) is 2.57. The van der Waals surface area contributed by atoms with E-state index in [1.54, 1.807) is 0 Å². The number of carbonyl (C=O) groups excluding carboxylic acids is 2. The Hall–Kier alpha value is -2.04. The maximum absolute atomic E-state index is 12.6. The van der Waals surface area contributed by atoms with Crippen LogP contribution < -0.4 is 10.6 Å². The molecule has 23 heavy (non-hydrogen) atoms. The highest BCUT2D eigenvalue weighted by molar-refractivity contribution is 5.79. The van der Waals surface area contributed by atoms with E-state index in [1.165, 1.54) is 6.42 Å². The van der Waals surface area contributed by atoms with Gasteiger partial charge in [-0.1, -0.05) is 30.3 Å². The standard InChI is InChI=1S/C18H25N3O2/c1-13-7-5-6-12-21(13)18(23)19-15-10-11-16(22)20-17(15)14-8-3-2-4-9-14/h2-4,8-9,13,15,17H,5-7,10-12H2,1H3,(H,19,23)(H,20,22)/t13?,15-,17+/m1/s1. The first kappa shape index (κ1) is 15.8. The molecule has 2 fully saturated rings. The minimum absolute atomic E-state index is 0.000667. The Morgan fingerprint density at radius 3 is 2.74 bits per heavy atom. The predicted molar refractivity (Wildman–Crippen MR) is 88.9 cm³/mol. The molecule has 2 heterocycles. The summed E-state index contributed by atoms with van der Waals surface area (Å²) in [5, 5.41) is 6.19. The number of hydrogen-bond acceptors (Lipinski definition) is 2. The number of amides is 3. The van der Waals surface area contributed by atoms with Gasteiger partial charge in [0.1, 0.15) is 0 Å². The topological polar surface area (TPSA) is 61.4 Å². The molecule has 3 atom stereocenters. The zero-order valence-corrected chi connectivity index (χ0v) is 13.6. The highest BCUT2D eigenvalue weighted by Gasteiger charge is 2.33. The number of carbonyl (C=O) groups is 2. The number of hydrogen-bond donors (Lipinski definition) is 2. The van der Waals surface area contributed by atoms with Crippen LogP contribution in [0.5, 0.6) is 0 Å². The molecule has 0 bridgehead atoms. The molecule has 3 amide bonds. The summed E-state index contributed by atoms with van der Waals surface area (Å²) in [5.41, 5.74) is 1.04. The molecule has 124 valence electrons. The molecular formula is C18H25N3O2. The van der Waals surface area contributed by atoms with E-state index >= 15 is 0 Å². The van der Waals surface area contributed by atoms with Crippen molar-refractivity contribution in [3.63, 3.8) is 0 Å². The van der Waals surface area contributed by atoms with E-state index in [0.29, 0.717) is 12.8 Å². The van der Waals surface area contributed by atoms with Crippen molar-refractivity contribution in [2.24, 2.45) is 0 Å². The molecular weight excluding hydrogens is 290 g/mol. The molecule has 1 unspecified atom stereocenters. The van der Waals surface area contributed by atoms with E-state index in [1.807, 2.05) is 35.2 Å². The van der Waals surface area contributed by atoms with Crippen molar-refractivity contribution < 1.29 is 9.59 Å². The highest BCUT2D eigenvalue weighted by Crippen LogP contribution is 2.25. The zero-order valence-electron chi connectivity index (χ0n) is 13.6. The molecule has 1 aromatic carbocycles. The largest absolute Gasteiger partial charge is 0.347 e. The first-order valence-corrected chi connectivity index (χ1v) is 8.56. The van der Waals surface area contributed by atoms with Crippen LogP contribution >= 0.6 is 0 Å². The van der Waals surface area contributed by atoms with Crippen LogP contribution in [0.1, 0.15) is 50.6 Å². The molecule has 0 radical (unpaired) electrons. The van der Waals surface area contributed by atoms with Gasteiger partial charge in [-0.05, 0) is 38.2 Å². The van der Waals surface area contributed by atoms with Crippen molar-refractivity contribution >= 4 is 11.9 Å². The SMILES string of the molecule is CC1CCCCN1C(=O)N[C@@H]1CCC(=O)N[C@H]1c1ccccc1. The molecule has 5 nitrogen and oxygen atoms in total. The summed E-state index contributed by atoms with van der Waals surface area (Å²) in [6.07, 6.45) is 4.47. The van der Waals surface area contributed by atoms with E-state index < -0.39 is 0 Å². The van der Waals surface area contributed by atoms with E-state index in [4.69, 9.17) is 0 Å². The number of rotatable bonds is 2. The van der Waals surface area contributed by atoms with Crippen LogP contribution in [0.4, 0.5) is 4.79 Å². The van der Waals surface area contributed by atoms with Crippen molar-refractivity contribution in [3.05, 3.63) is 35.9 Å². The second-order valence-corrected chi connectivity index (χ2v) is 6.59. The van der Waals surface area contributed by atoms with E-state index in [0.717, 1.165) is 24.9 Å². The molecule has 0 spiro atoms. The van der Waals surface area contributed by atoms with Crippen LogP contribution in [0.25, 0.3) is 0 Å². The minimum Gasteiger partial charge on any atom is -0.347 e. The predicted octanol–water partition coefficient (Wildman–Crippen LogP) is 2.59. The van der Waals surface area contributed by atoms with Gasteiger partial charge in [-0.2, -0.15) is 0 Å². The van der Waals surface area contributed by atoms with Gasteiger partial charge in [0.25, 0.3) is 0 Å². The zero-order chi connectivity index (χ0) is 16.2. The fourth-order valence-electron chi connectivity index (χ4n) is 3.57. The Kier molecular flexibility index (Phi) is 4.84. The Bertz CT molecular complexity index is 561. The van der Waals surface area contributed by atoms with Gasteiger partial charge in [-0.15, -0.1) is 0 Å². The molecule has 2 saturated heterocycles. The molecule has 3 rings (SSSR count). The quantitative estimate of drug-likeness (QED) is 0.881. The normalized spacial score (nSPS) is 28.1. The van der Waals surface area contributed by atoms with Crippen LogP contribution in [0.3, 0.4) is 0 Å². The van der Waals surface area contributed by atoms with Gasteiger partial charge in [0.2, 0.25) is 5.91 Å². The fraction of sp³-hybridized carbons (Fsp3) is 0.556. The second kappa shape index (κ2) is 7.02. The first-order chi connectivity index (χ1) is 11.1. The van der Waals surface area contributed by atoms with Crippen LogP contribution in [0.2, 0.25) is 0 Å². The molecule has 2 aliphatic rings. The average molecular weight is 315 g/mol. The van der Waals surface area contributed by atoms with Crippen LogP contribution in [0.15, 0.2) is 30.3 Å². The van der Waals surface area contributed by atoms with Gasteiger partial charge >= 0.3 is 6.03 Å². The molecule has 1 aromatic rings. The summed E-state index contributed by atoms with van der Waals surface area (Å²) < 4.78 is 0. The maximum atomic E-state index is 12.6. The summed E-state index contributed by atoms with van der Waals surface area (Å²) in [6.45, 7) is 2.93. The Balaban J connectivity index is 1.71. The van der Waals surface area contributed by atoms with E-state index in [-0.39, 0.29) is 30.1 Å². The highest BCUT2D eigenvalue weighted by atomic mass is 16.2. The van der Waals surface area contributed by atoms with Crippen molar-refractivity contribution in [2.75, 3.05) is 6.54 Å². The van der Waals surface area contributed by atoms with Gasteiger partial charge in [0.05, 0.1) is 12.1 Å². The number of benzene rings is 1. The lowest BCUT2D eigenvalue weighted by atomic mass is 9.92. The maximum Gasteiger partial charge on any atom is 0.317 e. The Morgan fingerprint density at radius 1 is 1.22 bits per heavy atom.